The van der Waals surface area contributed by atoms with Crippen LogP contribution in [0.25, 0.3) is 0 Å². The van der Waals surface area contributed by atoms with E-state index in [1.165, 1.54) is 0 Å². The van der Waals surface area contributed by atoms with E-state index in [1.54, 1.807) is 6.92 Å². The number of Topliss-reactive ketones (excluding diaryl/α,β-unsaturated/α-hetero) is 3. The molecule has 1 rings (SSSR count). The molecule has 1 fully saturated rings. The Balaban J connectivity index is 2.77. The van der Waals surface area contributed by atoms with Crippen LogP contribution in [0, 0.1) is 11.3 Å². The van der Waals surface area contributed by atoms with Gasteiger partial charge in [0, 0.05) is 31.1 Å². The van der Waals surface area contributed by atoms with Crippen molar-refractivity contribution in [1.82, 2.24) is 0 Å². The minimum Gasteiger partial charge on any atom is -0.463 e. The summed E-state index contributed by atoms with van der Waals surface area (Å²) in [6.45, 7) is 3.72. The fourth-order valence-corrected chi connectivity index (χ4v) is 4.11. The first kappa shape index (κ1) is 24.4. The maximum atomic E-state index is 14.1. The Hall–Kier alpha value is -1.63. The second-order valence-corrected chi connectivity index (χ2v) is 7.84. The zero-order chi connectivity index (χ0) is 21.3. The summed E-state index contributed by atoms with van der Waals surface area (Å²) in [5.74, 6) is -3.17. The first-order valence-corrected chi connectivity index (χ1v) is 10.2. The molecule has 0 saturated heterocycles. The SMILES string of the molecule is CCCCCC(=O)CCC1([C@H](C)[C@@H](O)CC(F)C(=O)C(=O)OC)CCCC1=O. The average Bonchev–Trinajstić information content (AvgIpc) is 3.05. The molecule has 160 valence electrons. The van der Waals surface area contributed by atoms with Crippen molar-refractivity contribution in [2.75, 3.05) is 7.11 Å². The molecule has 0 spiro atoms. The summed E-state index contributed by atoms with van der Waals surface area (Å²) in [6, 6.07) is 0. The predicted molar refractivity (Wildman–Crippen MR) is 101 cm³/mol. The van der Waals surface area contributed by atoms with Gasteiger partial charge in [0.15, 0.2) is 6.17 Å². The lowest BCUT2D eigenvalue weighted by atomic mass is 9.67. The summed E-state index contributed by atoms with van der Waals surface area (Å²) in [6.07, 6.45) is 1.44. The summed E-state index contributed by atoms with van der Waals surface area (Å²) < 4.78 is 18.3. The smallest absolute Gasteiger partial charge is 0.377 e. The molecule has 0 aromatic heterocycles. The Kier molecular flexibility index (Phi) is 9.93. The van der Waals surface area contributed by atoms with Gasteiger partial charge in [0.2, 0.25) is 0 Å². The number of aliphatic hydroxyl groups is 1. The van der Waals surface area contributed by atoms with Crippen LogP contribution in [0.2, 0.25) is 0 Å². The van der Waals surface area contributed by atoms with Crippen molar-refractivity contribution in [3.8, 4) is 0 Å². The summed E-state index contributed by atoms with van der Waals surface area (Å²) >= 11 is 0. The zero-order valence-electron chi connectivity index (χ0n) is 17.2. The standard InChI is InChI=1S/C21H33FO6/c1-4-5-6-8-15(23)10-12-21(11-7-9-18(21)25)14(2)17(24)13-16(22)19(26)20(27)28-3/h14,16-17,24H,4-13H2,1-3H3/t14-,16?,17+,21?/m1/s1. The highest BCUT2D eigenvalue weighted by Gasteiger charge is 2.48. The molecule has 0 aromatic carbocycles. The number of methoxy groups -OCH3 is 1. The number of carbonyl (C=O) groups excluding carboxylic acids is 4. The van der Waals surface area contributed by atoms with E-state index < -0.39 is 41.8 Å². The number of ketones is 3. The molecule has 1 N–H and O–H groups in total. The molecule has 4 atom stereocenters. The van der Waals surface area contributed by atoms with E-state index in [0.717, 1.165) is 26.4 Å². The van der Waals surface area contributed by atoms with Crippen LogP contribution >= 0.6 is 0 Å². The van der Waals surface area contributed by atoms with E-state index in [1.807, 2.05) is 0 Å². The highest BCUT2D eigenvalue weighted by molar-refractivity contribution is 6.35. The van der Waals surface area contributed by atoms with Crippen molar-refractivity contribution in [2.45, 2.75) is 90.3 Å². The van der Waals surface area contributed by atoms with Crippen LogP contribution in [0.15, 0.2) is 0 Å². The number of halogens is 1. The Bertz CT molecular complexity index is 575. The second-order valence-electron chi connectivity index (χ2n) is 7.84. The van der Waals surface area contributed by atoms with Crippen LogP contribution in [-0.2, 0) is 23.9 Å². The van der Waals surface area contributed by atoms with Crippen LogP contribution in [0.3, 0.4) is 0 Å². The van der Waals surface area contributed by atoms with Crippen LogP contribution in [0.5, 0.6) is 0 Å². The van der Waals surface area contributed by atoms with Crippen molar-refractivity contribution in [3.05, 3.63) is 0 Å². The number of aliphatic hydroxyl groups excluding tert-OH is 1. The first-order valence-electron chi connectivity index (χ1n) is 10.2. The summed E-state index contributed by atoms with van der Waals surface area (Å²) in [4.78, 5) is 47.5. The van der Waals surface area contributed by atoms with E-state index in [4.69, 9.17) is 0 Å². The Labute approximate surface area is 166 Å². The Morgan fingerprint density at radius 1 is 1.25 bits per heavy atom. The van der Waals surface area contributed by atoms with Crippen molar-refractivity contribution in [3.63, 3.8) is 0 Å². The first-order chi connectivity index (χ1) is 13.2. The van der Waals surface area contributed by atoms with Gasteiger partial charge in [-0.05, 0) is 31.6 Å². The number of ether oxygens (including phenoxy) is 1. The van der Waals surface area contributed by atoms with E-state index in [2.05, 4.69) is 11.7 Å². The number of unbranched alkanes of at least 4 members (excludes halogenated alkanes) is 2. The van der Waals surface area contributed by atoms with Crippen LogP contribution in [-0.4, -0.2) is 47.8 Å². The minimum absolute atomic E-state index is 0.0184. The van der Waals surface area contributed by atoms with Crippen molar-refractivity contribution >= 4 is 23.3 Å². The summed E-state index contributed by atoms with van der Waals surface area (Å²) in [5, 5.41) is 10.5. The van der Waals surface area contributed by atoms with Crippen LogP contribution in [0.1, 0.15) is 78.1 Å². The number of alkyl halides is 1. The highest BCUT2D eigenvalue weighted by Crippen LogP contribution is 2.47. The molecule has 28 heavy (non-hydrogen) atoms. The normalized spacial score (nSPS) is 22.5. The number of esters is 1. The molecular weight excluding hydrogens is 367 g/mol. The molecule has 0 heterocycles. The van der Waals surface area contributed by atoms with Crippen molar-refractivity contribution in [2.24, 2.45) is 11.3 Å². The number of hydrogen-bond donors (Lipinski definition) is 1. The van der Waals surface area contributed by atoms with Gasteiger partial charge in [-0.25, -0.2) is 9.18 Å². The third-order valence-electron chi connectivity index (χ3n) is 6.06. The Morgan fingerprint density at radius 3 is 2.46 bits per heavy atom. The number of carbonyl (C=O) groups is 4. The second kappa shape index (κ2) is 11.4. The lowest BCUT2D eigenvalue weighted by Crippen LogP contribution is -2.42. The zero-order valence-corrected chi connectivity index (χ0v) is 17.2. The van der Waals surface area contributed by atoms with Gasteiger partial charge in [-0.15, -0.1) is 0 Å². The number of hydrogen-bond acceptors (Lipinski definition) is 6. The van der Waals surface area contributed by atoms with Gasteiger partial charge in [-0.2, -0.15) is 0 Å². The van der Waals surface area contributed by atoms with Crippen LogP contribution < -0.4 is 0 Å². The van der Waals surface area contributed by atoms with Gasteiger partial charge in [-0.1, -0.05) is 26.7 Å². The lowest BCUT2D eigenvalue weighted by molar-refractivity contribution is -0.154. The monoisotopic (exact) mass is 400 g/mol. The fraction of sp³-hybridized carbons (Fsp3) is 0.810. The van der Waals surface area contributed by atoms with E-state index in [-0.39, 0.29) is 18.0 Å². The Morgan fingerprint density at radius 2 is 1.93 bits per heavy atom. The quantitative estimate of drug-likeness (QED) is 0.290. The van der Waals surface area contributed by atoms with Gasteiger partial charge in [0.25, 0.3) is 5.78 Å². The topological polar surface area (TPSA) is 97.7 Å². The molecule has 1 aliphatic rings. The fourth-order valence-electron chi connectivity index (χ4n) is 4.11. The number of rotatable bonds is 13. The molecule has 0 radical (unpaired) electrons. The predicted octanol–water partition coefficient (Wildman–Crippen LogP) is 3.12. The van der Waals surface area contributed by atoms with Gasteiger partial charge in [0.05, 0.1) is 13.2 Å². The molecule has 2 unspecified atom stereocenters. The van der Waals surface area contributed by atoms with Gasteiger partial charge < -0.3 is 9.84 Å². The van der Waals surface area contributed by atoms with Crippen LogP contribution in [0.4, 0.5) is 4.39 Å². The maximum absolute atomic E-state index is 14.1. The van der Waals surface area contributed by atoms with E-state index in [9.17, 15) is 28.7 Å². The molecular formula is C21H33FO6. The molecule has 0 bridgehead atoms. The molecule has 1 saturated carbocycles. The third-order valence-corrected chi connectivity index (χ3v) is 6.06. The van der Waals surface area contributed by atoms with Gasteiger partial charge in [-0.3, -0.25) is 14.4 Å². The molecule has 7 heteroatoms. The van der Waals surface area contributed by atoms with Gasteiger partial charge in [0.1, 0.15) is 11.6 Å². The van der Waals surface area contributed by atoms with Gasteiger partial charge >= 0.3 is 5.97 Å². The van der Waals surface area contributed by atoms with Crippen molar-refractivity contribution in [1.29, 1.82) is 0 Å². The third kappa shape index (κ3) is 6.19. The highest BCUT2D eigenvalue weighted by atomic mass is 19.1. The summed E-state index contributed by atoms with van der Waals surface area (Å²) in [7, 11) is 0.982. The average molecular weight is 400 g/mol. The lowest BCUT2D eigenvalue weighted by Gasteiger charge is -2.37. The van der Waals surface area contributed by atoms with Crippen molar-refractivity contribution < 1.29 is 33.4 Å². The summed E-state index contributed by atoms with van der Waals surface area (Å²) in [5.41, 5.74) is -0.881. The molecule has 0 aliphatic heterocycles. The largest absolute Gasteiger partial charge is 0.463 e. The minimum atomic E-state index is -2.19. The molecule has 1 aliphatic carbocycles. The molecule has 6 nitrogen and oxygen atoms in total. The van der Waals surface area contributed by atoms with E-state index in [0.29, 0.717) is 32.1 Å². The maximum Gasteiger partial charge on any atom is 0.377 e. The van der Waals surface area contributed by atoms with E-state index >= 15 is 0 Å². The molecule has 0 amide bonds. The molecule has 0 aromatic rings.